The maximum absolute atomic E-state index is 13.2. The number of nitrogens with two attached hydrogens (primary N) is 1. The topological polar surface area (TPSA) is 66.4 Å². The lowest BCUT2D eigenvalue weighted by Crippen LogP contribution is -2.48. The van der Waals surface area contributed by atoms with Crippen LogP contribution in [-0.2, 0) is 15.0 Å². The van der Waals surface area contributed by atoms with Gasteiger partial charge < -0.3 is 10.5 Å². The molecular formula is C26H32N3O2+. The molecule has 5 nitrogen and oxygen atoms in total. The lowest BCUT2D eigenvalue weighted by molar-refractivity contribution is -0.517. The second kappa shape index (κ2) is 9.04. The average molecular weight is 419 g/mol. The van der Waals surface area contributed by atoms with Crippen LogP contribution in [0.4, 0.5) is 0 Å². The second-order valence-electron chi connectivity index (χ2n) is 8.75. The van der Waals surface area contributed by atoms with Gasteiger partial charge in [0.2, 0.25) is 11.7 Å². The summed E-state index contributed by atoms with van der Waals surface area (Å²) in [5.41, 5.74) is 7.35. The lowest BCUT2D eigenvalue weighted by atomic mass is 9.64. The first-order chi connectivity index (χ1) is 15.1. The Morgan fingerprint density at radius 1 is 1.10 bits per heavy atom. The zero-order valence-corrected chi connectivity index (χ0v) is 18.2. The zero-order chi connectivity index (χ0) is 21.8. The van der Waals surface area contributed by atoms with Crippen molar-refractivity contribution in [3.05, 3.63) is 71.8 Å². The van der Waals surface area contributed by atoms with Crippen molar-refractivity contribution in [3.8, 4) is 0 Å². The molecule has 1 fully saturated rings. The van der Waals surface area contributed by atoms with E-state index in [1.807, 2.05) is 60.7 Å². The van der Waals surface area contributed by atoms with Crippen LogP contribution in [0.15, 0.2) is 60.7 Å². The molecule has 0 aromatic heterocycles. The van der Waals surface area contributed by atoms with Gasteiger partial charge in [-0.15, -0.1) is 0 Å². The van der Waals surface area contributed by atoms with Crippen LogP contribution in [0.25, 0.3) is 0 Å². The fraction of sp³-hybridized carbons (Fsp3) is 0.423. The highest BCUT2D eigenvalue weighted by molar-refractivity contribution is 5.91. The normalized spacial score (nSPS) is 21.5. The van der Waals surface area contributed by atoms with E-state index in [2.05, 4.69) is 16.4 Å². The quantitative estimate of drug-likeness (QED) is 0.529. The van der Waals surface area contributed by atoms with Crippen LogP contribution >= 0.6 is 0 Å². The minimum absolute atomic E-state index is 0.136. The molecule has 4 rings (SSSR count). The molecule has 1 aliphatic carbocycles. The number of nitrogens with zero attached hydrogens (tertiary/aromatic N) is 2. The van der Waals surface area contributed by atoms with Crippen LogP contribution < -0.4 is 5.73 Å². The standard InChI is InChI=1S/C26H31N3O2/c1-20-28(15-8-18-30)16-17-29(20)24-14-13-23(19-24)26(25(27)31,21-9-4-2-5-10-21)22-11-6-3-7-12-22/h2-7,9-12,18,23-24H,8,13-17,19H2,1H3,(H-,27,31)/p+1. The van der Waals surface area contributed by atoms with Gasteiger partial charge in [0, 0.05) is 13.3 Å². The Hall–Kier alpha value is -2.95. The first-order valence-electron chi connectivity index (χ1n) is 11.3. The largest absolute Gasteiger partial charge is 0.369 e. The number of amidine groups is 1. The zero-order valence-electron chi connectivity index (χ0n) is 18.2. The molecule has 1 aliphatic heterocycles. The molecule has 0 spiro atoms. The van der Waals surface area contributed by atoms with E-state index in [0.29, 0.717) is 12.5 Å². The molecule has 2 atom stereocenters. The van der Waals surface area contributed by atoms with Gasteiger partial charge in [0.1, 0.15) is 24.8 Å². The number of primary amides is 1. The van der Waals surface area contributed by atoms with E-state index < -0.39 is 5.41 Å². The molecule has 2 unspecified atom stereocenters. The monoisotopic (exact) mass is 418 g/mol. The van der Waals surface area contributed by atoms with Gasteiger partial charge in [-0.05, 0) is 36.3 Å². The van der Waals surface area contributed by atoms with Gasteiger partial charge in [-0.25, -0.2) is 0 Å². The average Bonchev–Trinajstić information content (AvgIpc) is 3.41. The molecule has 2 aromatic rings. The summed E-state index contributed by atoms with van der Waals surface area (Å²) in [6, 6.07) is 20.5. The molecule has 0 bridgehead atoms. The second-order valence-corrected chi connectivity index (χ2v) is 8.75. The van der Waals surface area contributed by atoms with Crippen molar-refractivity contribution in [2.45, 2.75) is 44.1 Å². The highest BCUT2D eigenvalue weighted by atomic mass is 16.1. The van der Waals surface area contributed by atoms with Gasteiger partial charge in [-0.1, -0.05) is 60.7 Å². The molecule has 2 N–H and O–H groups in total. The van der Waals surface area contributed by atoms with E-state index in [-0.39, 0.29) is 11.8 Å². The molecule has 0 radical (unpaired) electrons. The third kappa shape index (κ3) is 3.78. The summed E-state index contributed by atoms with van der Waals surface area (Å²) >= 11 is 0. The summed E-state index contributed by atoms with van der Waals surface area (Å²) in [6.07, 6.45) is 4.47. The van der Waals surface area contributed by atoms with Crippen LogP contribution in [0.2, 0.25) is 0 Å². The Kier molecular flexibility index (Phi) is 6.21. The number of carbonyl (C=O) groups is 2. The first kappa shape index (κ1) is 21.3. The van der Waals surface area contributed by atoms with Gasteiger partial charge in [0.25, 0.3) is 0 Å². The predicted molar refractivity (Wildman–Crippen MR) is 122 cm³/mol. The number of hydrogen-bond acceptors (Lipinski definition) is 3. The molecular weight excluding hydrogens is 386 g/mol. The van der Waals surface area contributed by atoms with Gasteiger partial charge in [0.15, 0.2) is 0 Å². The predicted octanol–water partition coefficient (Wildman–Crippen LogP) is 2.96. The Balaban J connectivity index is 1.68. The SMILES string of the molecule is CC1=[N+](CCC=O)CCN1C1CCC(C(C(N)=O)(c2ccccc2)c2ccccc2)C1. The fourth-order valence-corrected chi connectivity index (χ4v) is 5.82. The Labute approximate surface area is 184 Å². The third-order valence-corrected chi connectivity index (χ3v) is 7.31. The van der Waals surface area contributed by atoms with Crippen molar-refractivity contribution >= 4 is 18.0 Å². The van der Waals surface area contributed by atoms with E-state index in [0.717, 1.165) is 56.3 Å². The van der Waals surface area contributed by atoms with Crippen LogP contribution in [0.3, 0.4) is 0 Å². The smallest absolute Gasteiger partial charge is 0.244 e. The van der Waals surface area contributed by atoms with Gasteiger partial charge in [0.05, 0.1) is 12.6 Å². The maximum atomic E-state index is 13.2. The van der Waals surface area contributed by atoms with Crippen molar-refractivity contribution in [1.29, 1.82) is 0 Å². The summed E-state index contributed by atoms with van der Waals surface area (Å²) < 4.78 is 2.30. The van der Waals surface area contributed by atoms with Crippen LogP contribution in [-0.4, -0.2) is 53.2 Å². The minimum Gasteiger partial charge on any atom is -0.369 e. The fourth-order valence-electron chi connectivity index (χ4n) is 5.82. The number of benzene rings is 2. The highest BCUT2D eigenvalue weighted by Crippen LogP contribution is 2.48. The number of amides is 1. The van der Waals surface area contributed by atoms with E-state index >= 15 is 0 Å². The van der Waals surface area contributed by atoms with Crippen LogP contribution in [0.1, 0.15) is 43.7 Å². The Morgan fingerprint density at radius 3 is 2.26 bits per heavy atom. The third-order valence-electron chi connectivity index (χ3n) is 7.31. The van der Waals surface area contributed by atoms with Crippen molar-refractivity contribution in [1.82, 2.24) is 4.90 Å². The van der Waals surface area contributed by atoms with Gasteiger partial charge >= 0.3 is 0 Å². The number of hydrogen-bond donors (Lipinski definition) is 1. The van der Waals surface area contributed by atoms with Crippen molar-refractivity contribution in [2.75, 3.05) is 19.6 Å². The number of rotatable bonds is 8. The van der Waals surface area contributed by atoms with E-state index in [1.54, 1.807) is 0 Å². The molecule has 31 heavy (non-hydrogen) atoms. The first-order valence-corrected chi connectivity index (χ1v) is 11.3. The molecule has 2 aliphatic rings. The summed E-state index contributed by atoms with van der Waals surface area (Å²) in [5.74, 6) is 1.11. The number of carbonyl (C=O) groups excluding carboxylic acids is 2. The van der Waals surface area contributed by atoms with Crippen LogP contribution in [0.5, 0.6) is 0 Å². The highest BCUT2D eigenvalue weighted by Gasteiger charge is 2.52. The van der Waals surface area contributed by atoms with Gasteiger partial charge in [-0.3, -0.25) is 14.3 Å². The summed E-state index contributed by atoms with van der Waals surface area (Å²) in [4.78, 5) is 26.5. The minimum atomic E-state index is -0.831. The molecule has 5 heteroatoms. The maximum Gasteiger partial charge on any atom is 0.244 e. The Morgan fingerprint density at radius 2 is 1.71 bits per heavy atom. The lowest BCUT2D eigenvalue weighted by Gasteiger charge is -2.37. The number of aldehydes is 1. The molecule has 1 saturated carbocycles. The summed E-state index contributed by atoms with van der Waals surface area (Å²) in [6.45, 7) is 4.86. The molecule has 1 heterocycles. The van der Waals surface area contributed by atoms with Crippen LogP contribution in [0, 0.1) is 5.92 Å². The summed E-state index contributed by atoms with van der Waals surface area (Å²) in [5, 5.41) is 0. The molecule has 0 saturated heterocycles. The van der Waals surface area contributed by atoms with E-state index in [4.69, 9.17) is 5.73 Å². The van der Waals surface area contributed by atoms with Crippen molar-refractivity contribution in [2.24, 2.45) is 11.7 Å². The van der Waals surface area contributed by atoms with E-state index in [1.165, 1.54) is 5.84 Å². The van der Waals surface area contributed by atoms with Crippen molar-refractivity contribution < 1.29 is 14.2 Å². The molecule has 162 valence electrons. The van der Waals surface area contributed by atoms with Crippen molar-refractivity contribution in [3.63, 3.8) is 0 Å². The van der Waals surface area contributed by atoms with Gasteiger partial charge in [-0.2, -0.15) is 0 Å². The molecule has 1 amide bonds. The Bertz CT molecular complexity index is 916. The molecule has 2 aromatic carbocycles. The summed E-state index contributed by atoms with van der Waals surface area (Å²) in [7, 11) is 0. The van der Waals surface area contributed by atoms with E-state index in [9.17, 15) is 9.59 Å².